The number of carbonyl (C=O) groups excluding carboxylic acids is 3. The Morgan fingerprint density at radius 2 is 1.71 bits per heavy atom. The monoisotopic (exact) mass is 473 g/mol. The third-order valence-corrected chi connectivity index (χ3v) is 8.01. The highest BCUT2D eigenvalue weighted by atomic mass is 16.5. The zero-order valence-corrected chi connectivity index (χ0v) is 21.1. The summed E-state index contributed by atoms with van der Waals surface area (Å²) in [7, 11) is 1.75. The summed E-state index contributed by atoms with van der Waals surface area (Å²) in [6.07, 6.45) is 10.3. The number of amides is 3. The molecule has 0 aromatic heterocycles. The average Bonchev–Trinajstić information content (AvgIpc) is 3.06. The molecule has 0 radical (unpaired) electrons. The summed E-state index contributed by atoms with van der Waals surface area (Å²) in [5.41, 5.74) is -2.55. The van der Waals surface area contributed by atoms with Gasteiger partial charge in [0.2, 0.25) is 17.7 Å². The van der Waals surface area contributed by atoms with Crippen LogP contribution in [-0.4, -0.2) is 93.6 Å². The van der Waals surface area contributed by atoms with Gasteiger partial charge in [-0.2, -0.15) is 0 Å². The van der Waals surface area contributed by atoms with Crippen molar-refractivity contribution >= 4 is 17.7 Å². The Balaban J connectivity index is 1.84. The summed E-state index contributed by atoms with van der Waals surface area (Å²) in [5.74, 6) is -1.87. The van der Waals surface area contributed by atoms with E-state index in [1.165, 1.54) is 0 Å². The maximum Gasteiger partial charge on any atom is 0.249 e. The minimum atomic E-state index is -1.19. The molecule has 5 atom stereocenters. The molecule has 1 N–H and O–H groups in total. The third-order valence-electron chi connectivity index (χ3n) is 8.01. The van der Waals surface area contributed by atoms with E-state index in [4.69, 9.17) is 4.74 Å². The van der Waals surface area contributed by atoms with Gasteiger partial charge in [0.05, 0.1) is 17.4 Å². The van der Waals surface area contributed by atoms with Gasteiger partial charge in [-0.3, -0.25) is 14.4 Å². The van der Waals surface area contributed by atoms with Gasteiger partial charge in [-0.1, -0.05) is 31.2 Å². The summed E-state index contributed by atoms with van der Waals surface area (Å²) in [6.45, 7) is 9.34. The molecule has 0 bridgehead atoms. The average molecular weight is 474 g/mol. The molecule has 8 heteroatoms. The van der Waals surface area contributed by atoms with Crippen LogP contribution >= 0.6 is 0 Å². The number of hydrogen-bond donors (Lipinski definition) is 1. The second-order valence-electron chi connectivity index (χ2n) is 11.1. The normalized spacial score (nSPS) is 35.4. The summed E-state index contributed by atoms with van der Waals surface area (Å²) < 4.78 is 6.88. The number of fused-ring (bicyclic) bond motifs is 2. The van der Waals surface area contributed by atoms with E-state index in [2.05, 4.69) is 0 Å². The number of unbranched alkanes of at least 4 members (excludes halogenated alkanes) is 2. The van der Waals surface area contributed by atoms with Crippen molar-refractivity contribution in [2.45, 2.75) is 76.2 Å². The van der Waals surface area contributed by atoms with Crippen molar-refractivity contribution in [1.29, 1.82) is 0 Å². The lowest BCUT2D eigenvalue weighted by Crippen LogP contribution is -2.59. The molecule has 8 nitrogen and oxygen atoms in total. The summed E-state index contributed by atoms with van der Waals surface area (Å²) in [6, 6.07) is -0.820. The number of likely N-dealkylation sites (tertiary alicyclic amines) is 1. The van der Waals surface area contributed by atoms with Crippen LogP contribution in [0.3, 0.4) is 0 Å². The van der Waals surface area contributed by atoms with E-state index < -0.39 is 34.6 Å². The molecule has 1 unspecified atom stereocenters. The highest BCUT2D eigenvalue weighted by Crippen LogP contribution is 2.58. The lowest BCUT2D eigenvalue weighted by atomic mass is 9.73. The Morgan fingerprint density at radius 1 is 1.00 bits per heavy atom. The molecule has 0 saturated carbocycles. The molecule has 34 heavy (non-hydrogen) atoms. The Labute approximate surface area is 202 Å². The van der Waals surface area contributed by atoms with E-state index in [-0.39, 0.29) is 24.3 Å². The third kappa shape index (κ3) is 3.61. The number of hydrogen-bond acceptors (Lipinski definition) is 5. The lowest BCUT2D eigenvalue weighted by Gasteiger charge is -2.41. The molecular formula is C26H39N3O5. The molecule has 3 amide bonds. The standard InChI is InChI=1S/C26H39N3O5/c1-6-25-12-10-14-27(5)21(31)18(25)19-22(32)28(15-8-7-9-17-30)20-23(33)29(24(2,3)4)16-11-13-26(19,20)34-25/h10-13,18-20,30H,6-9,14-17H2,1-5H3/t18-,19+,20?,25+,26+/m1/s1. The Hall–Kier alpha value is -2.19. The zero-order valence-electron chi connectivity index (χ0n) is 21.1. The largest absolute Gasteiger partial charge is 0.396 e. The fourth-order valence-electron chi connectivity index (χ4n) is 6.30. The van der Waals surface area contributed by atoms with Crippen LogP contribution in [-0.2, 0) is 19.1 Å². The van der Waals surface area contributed by atoms with Crippen LogP contribution < -0.4 is 0 Å². The van der Waals surface area contributed by atoms with Crippen molar-refractivity contribution in [2.75, 3.05) is 33.3 Å². The number of aliphatic hydroxyl groups is 1. The van der Waals surface area contributed by atoms with E-state index in [1.807, 2.05) is 52.0 Å². The lowest BCUT2D eigenvalue weighted by molar-refractivity contribution is -0.156. The smallest absolute Gasteiger partial charge is 0.249 e. The van der Waals surface area contributed by atoms with Gasteiger partial charge in [-0.25, -0.2) is 0 Å². The molecule has 2 fully saturated rings. The SMILES string of the molecule is CC[C@]12C=CCN(C)C(=O)[C@H]1[C@H]1C(=O)N(CCCCCO)C3C(=O)N(C(C)(C)C)CC=C[C@@]31O2. The quantitative estimate of drug-likeness (QED) is 0.469. The zero-order chi connectivity index (χ0) is 24.9. The first-order valence-corrected chi connectivity index (χ1v) is 12.6. The predicted molar refractivity (Wildman–Crippen MR) is 128 cm³/mol. The molecular weight excluding hydrogens is 434 g/mol. The van der Waals surface area contributed by atoms with Crippen LogP contribution in [0.25, 0.3) is 0 Å². The molecule has 4 heterocycles. The van der Waals surface area contributed by atoms with Gasteiger partial charge in [-0.05, 0) is 46.5 Å². The van der Waals surface area contributed by atoms with Crippen molar-refractivity contribution in [3.63, 3.8) is 0 Å². The first kappa shape index (κ1) is 24.9. The second-order valence-corrected chi connectivity index (χ2v) is 11.1. The van der Waals surface area contributed by atoms with Crippen LogP contribution in [0.4, 0.5) is 0 Å². The number of likely N-dealkylation sites (N-methyl/N-ethyl adjacent to an activating group) is 1. The first-order valence-electron chi connectivity index (χ1n) is 12.6. The van der Waals surface area contributed by atoms with Gasteiger partial charge >= 0.3 is 0 Å². The topological polar surface area (TPSA) is 90.4 Å². The number of carbonyl (C=O) groups is 3. The molecule has 4 aliphatic heterocycles. The minimum Gasteiger partial charge on any atom is -0.396 e. The maximum atomic E-state index is 14.1. The molecule has 2 saturated heterocycles. The molecule has 1 spiro atoms. The Morgan fingerprint density at radius 3 is 2.35 bits per heavy atom. The predicted octanol–water partition coefficient (Wildman–Crippen LogP) is 1.74. The van der Waals surface area contributed by atoms with Crippen LogP contribution in [0.1, 0.15) is 53.4 Å². The molecule has 188 valence electrons. The first-order chi connectivity index (χ1) is 16.0. The van der Waals surface area contributed by atoms with Crippen LogP contribution in [0.15, 0.2) is 24.3 Å². The number of nitrogens with zero attached hydrogens (tertiary/aromatic N) is 3. The van der Waals surface area contributed by atoms with Crippen molar-refractivity contribution in [1.82, 2.24) is 14.7 Å². The number of ether oxygens (including phenoxy) is 1. The van der Waals surface area contributed by atoms with Gasteiger partial charge in [0.1, 0.15) is 11.6 Å². The molecule has 4 rings (SSSR count). The molecule has 0 aliphatic carbocycles. The fraction of sp³-hybridized carbons (Fsp3) is 0.731. The maximum absolute atomic E-state index is 14.1. The summed E-state index contributed by atoms with van der Waals surface area (Å²) >= 11 is 0. The molecule has 4 aliphatic rings. The van der Waals surface area contributed by atoms with Gasteiger partial charge in [0, 0.05) is 38.8 Å². The number of rotatable bonds is 6. The van der Waals surface area contributed by atoms with E-state index in [0.29, 0.717) is 38.9 Å². The van der Waals surface area contributed by atoms with Crippen molar-refractivity contribution in [3.8, 4) is 0 Å². The van der Waals surface area contributed by atoms with Gasteiger partial charge < -0.3 is 24.5 Å². The Bertz CT molecular complexity index is 909. The minimum absolute atomic E-state index is 0.0980. The van der Waals surface area contributed by atoms with Crippen LogP contribution in [0, 0.1) is 11.8 Å². The van der Waals surface area contributed by atoms with Gasteiger partial charge in [-0.15, -0.1) is 0 Å². The molecule has 0 aromatic carbocycles. The highest BCUT2D eigenvalue weighted by molar-refractivity contribution is 6.00. The summed E-state index contributed by atoms with van der Waals surface area (Å²) in [4.78, 5) is 47.0. The Kier molecular flexibility index (Phi) is 6.44. The van der Waals surface area contributed by atoms with Crippen molar-refractivity contribution in [2.24, 2.45) is 11.8 Å². The van der Waals surface area contributed by atoms with Crippen LogP contribution in [0.5, 0.6) is 0 Å². The van der Waals surface area contributed by atoms with Crippen molar-refractivity contribution < 1.29 is 24.2 Å². The van der Waals surface area contributed by atoms with Gasteiger partial charge in [0.15, 0.2) is 0 Å². The van der Waals surface area contributed by atoms with Gasteiger partial charge in [0.25, 0.3) is 0 Å². The summed E-state index contributed by atoms with van der Waals surface area (Å²) in [5, 5.41) is 9.18. The van der Waals surface area contributed by atoms with Crippen LogP contribution in [0.2, 0.25) is 0 Å². The van der Waals surface area contributed by atoms with E-state index in [0.717, 1.165) is 6.42 Å². The van der Waals surface area contributed by atoms with Crippen molar-refractivity contribution in [3.05, 3.63) is 24.3 Å². The fourth-order valence-corrected chi connectivity index (χ4v) is 6.30. The van der Waals surface area contributed by atoms with E-state index >= 15 is 0 Å². The second kappa shape index (κ2) is 8.79. The van der Waals surface area contributed by atoms with E-state index in [9.17, 15) is 19.5 Å². The highest BCUT2D eigenvalue weighted by Gasteiger charge is 2.75. The number of aliphatic hydroxyl groups excluding tert-OH is 1. The molecule has 0 aromatic rings. The van der Waals surface area contributed by atoms with E-state index in [1.54, 1.807) is 21.7 Å².